The van der Waals surface area contributed by atoms with E-state index in [0.717, 1.165) is 21.5 Å². The molecule has 108 valence electrons. The molecule has 2 N–H and O–H groups in total. The lowest BCUT2D eigenvalue weighted by Gasteiger charge is -2.07. The zero-order valence-electron chi connectivity index (χ0n) is 11.7. The van der Waals surface area contributed by atoms with Crippen molar-refractivity contribution < 1.29 is 4.74 Å². The van der Waals surface area contributed by atoms with Gasteiger partial charge in [0, 0.05) is 15.1 Å². The monoisotopic (exact) mass is 361 g/mol. The predicted octanol–water partition coefficient (Wildman–Crippen LogP) is 4.06. The fraction of sp³-hybridized carbons (Fsp3) is 0.176. The Hall–Kier alpha value is -1.41. The Morgan fingerprint density at radius 2 is 2.10 bits per heavy atom. The second-order valence-corrected chi connectivity index (χ2v) is 6.25. The number of nitrogens with two attached hydrogens (primary N) is 1. The van der Waals surface area contributed by atoms with Crippen molar-refractivity contribution in [1.82, 2.24) is 0 Å². The van der Waals surface area contributed by atoms with E-state index in [9.17, 15) is 0 Å². The van der Waals surface area contributed by atoms with Gasteiger partial charge in [0.25, 0.3) is 0 Å². The second-order valence-electron chi connectivity index (χ2n) is 4.29. The second kappa shape index (κ2) is 8.14. The van der Waals surface area contributed by atoms with Gasteiger partial charge in [-0.1, -0.05) is 39.9 Å². The van der Waals surface area contributed by atoms with Crippen molar-refractivity contribution in [2.45, 2.75) is 10.6 Å². The Morgan fingerprint density at radius 3 is 2.81 bits per heavy atom. The van der Waals surface area contributed by atoms with Crippen molar-refractivity contribution in [3.8, 4) is 17.6 Å². The van der Waals surface area contributed by atoms with Crippen LogP contribution in [-0.2, 0) is 5.75 Å². The molecule has 0 aliphatic carbocycles. The number of ether oxygens (including phenoxy) is 1. The first-order valence-corrected chi connectivity index (χ1v) is 8.25. The molecular formula is C17H16BrNOS. The van der Waals surface area contributed by atoms with Crippen LogP contribution >= 0.6 is 27.7 Å². The van der Waals surface area contributed by atoms with Crippen molar-refractivity contribution in [2.24, 2.45) is 5.73 Å². The maximum Gasteiger partial charge on any atom is 0.134 e. The van der Waals surface area contributed by atoms with Crippen LogP contribution in [0.15, 0.2) is 51.8 Å². The fourth-order valence-corrected chi connectivity index (χ4v) is 3.26. The molecule has 0 aliphatic rings. The summed E-state index contributed by atoms with van der Waals surface area (Å²) in [7, 11) is 1.65. The molecule has 21 heavy (non-hydrogen) atoms. The number of hydrogen-bond acceptors (Lipinski definition) is 3. The summed E-state index contributed by atoms with van der Waals surface area (Å²) in [5.41, 5.74) is 7.53. The molecule has 0 saturated heterocycles. The Bertz CT molecular complexity index is 676. The molecule has 0 aromatic heterocycles. The van der Waals surface area contributed by atoms with Crippen LogP contribution in [0.2, 0.25) is 0 Å². The van der Waals surface area contributed by atoms with Gasteiger partial charge in [-0.15, -0.1) is 11.8 Å². The smallest absolute Gasteiger partial charge is 0.134 e. The van der Waals surface area contributed by atoms with Gasteiger partial charge in [-0.2, -0.15) is 0 Å². The minimum Gasteiger partial charge on any atom is -0.495 e. The molecule has 0 aliphatic heterocycles. The average molecular weight is 362 g/mol. The quantitative estimate of drug-likeness (QED) is 0.658. The highest BCUT2D eigenvalue weighted by Crippen LogP contribution is 2.27. The third kappa shape index (κ3) is 4.82. The van der Waals surface area contributed by atoms with E-state index in [4.69, 9.17) is 10.5 Å². The first kappa shape index (κ1) is 16.0. The lowest BCUT2D eigenvalue weighted by atomic mass is 10.1. The van der Waals surface area contributed by atoms with Crippen LogP contribution in [0.3, 0.4) is 0 Å². The van der Waals surface area contributed by atoms with Gasteiger partial charge in [0.1, 0.15) is 5.75 Å². The van der Waals surface area contributed by atoms with Crippen molar-refractivity contribution in [1.29, 1.82) is 0 Å². The molecule has 2 aromatic rings. The van der Waals surface area contributed by atoms with E-state index < -0.39 is 0 Å². The summed E-state index contributed by atoms with van der Waals surface area (Å²) in [5.74, 6) is 7.60. The molecule has 4 heteroatoms. The third-order valence-electron chi connectivity index (χ3n) is 2.79. The van der Waals surface area contributed by atoms with Gasteiger partial charge >= 0.3 is 0 Å². The van der Waals surface area contributed by atoms with Crippen LogP contribution in [-0.4, -0.2) is 13.7 Å². The van der Waals surface area contributed by atoms with Crippen LogP contribution in [0.1, 0.15) is 11.1 Å². The Kier molecular flexibility index (Phi) is 6.19. The van der Waals surface area contributed by atoms with Crippen LogP contribution in [0, 0.1) is 11.8 Å². The Labute approximate surface area is 138 Å². The van der Waals surface area contributed by atoms with Gasteiger partial charge in [-0.05, 0) is 35.9 Å². The van der Waals surface area contributed by atoms with E-state index in [-0.39, 0.29) is 0 Å². The van der Waals surface area contributed by atoms with Gasteiger partial charge in [-0.3, -0.25) is 0 Å². The number of halogens is 1. The summed E-state index contributed by atoms with van der Waals surface area (Å²) in [6, 6.07) is 14.4. The molecule has 0 amide bonds. The summed E-state index contributed by atoms with van der Waals surface area (Å²) >= 11 is 5.28. The summed E-state index contributed by atoms with van der Waals surface area (Å²) in [4.78, 5) is 1.23. The van der Waals surface area contributed by atoms with Crippen LogP contribution in [0.25, 0.3) is 0 Å². The summed E-state index contributed by atoms with van der Waals surface area (Å²) in [5, 5.41) is 0. The number of benzene rings is 2. The van der Waals surface area contributed by atoms with E-state index in [0.29, 0.717) is 6.54 Å². The Balaban J connectivity index is 2.13. The van der Waals surface area contributed by atoms with Crippen molar-refractivity contribution in [2.75, 3.05) is 13.7 Å². The highest BCUT2D eigenvalue weighted by atomic mass is 79.9. The van der Waals surface area contributed by atoms with E-state index in [2.05, 4.69) is 52.0 Å². The number of thioether (sulfide) groups is 1. The van der Waals surface area contributed by atoms with Crippen molar-refractivity contribution in [3.05, 3.63) is 58.1 Å². The first-order valence-electron chi connectivity index (χ1n) is 6.47. The fourth-order valence-electron chi connectivity index (χ4n) is 1.81. The zero-order valence-corrected chi connectivity index (χ0v) is 14.1. The van der Waals surface area contributed by atoms with Crippen molar-refractivity contribution in [3.63, 3.8) is 0 Å². The maximum absolute atomic E-state index is 5.43. The zero-order chi connectivity index (χ0) is 15.1. The molecule has 0 spiro atoms. The highest BCUT2D eigenvalue weighted by molar-refractivity contribution is 9.10. The van der Waals surface area contributed by atoms with E-state index in [1.54, 1.807) is 18.9 Å². The molecule has 0 unspecified atom stereocenters. The molecule has 0 radical (unpaired) electrons. The van der Waals surface area contributed by atoms with E-state index in [1.807, 2.05) is 18.2 Å². The largest absolute Gasteiger partial charge is 0.495 e. The van der Waals surface area contributed by atoms with Crippen LogP contribution in [0.4, 0.5) is 0 Å². The molecule has 0 heterocycles. The Morgan fingerprint density at radius 1 is 1.24 bits per heavy atom. The lowest BCUT2D eigenvalue weighted by molar-refractivity contribution is 0.413. The van der Waals surface area contributed by atoms with Gasteiger partial charge in [0.2, 0.25) is 0 Å². The van der Waals surface area contributed by atoms with Gasteiger partial charge in [0.05, 0.1) is 19.2 Å². The molecule has 2 nitrogen and oxygen atoms in total. The third-order valence-corrected chi connectivity index (χ3v) is 4.35. The van der Waals surface area contributed by atoms with E-state index in [1.165, 1.54) is 10.5 Å². The standard InChI is InChI=1S/C17H16BrNOS/c1-20-17-8-7-13(10-14(17)4-3-9-19)12-21-16-6-2-5-15(18)11-16/h2,5-8,10-11H,9,12,19H2,1H3. The molecule has 0 saturated carbocycles. The molecule has 0 atom stereocenters. The number of hydrogen-bond donors (Lipinski definition) is 1. The maximum atomic E-state index is 5.43. The summed E-state index contributed by atoms with van der Waals surface area (Å²) in [6.45, 7) is 0.347. The van der Waals surface area contributed by atoms with Gasteiger partial charge in [0.15, 0.2) is 0 Å². The molecule has 2 rings (SSSR count). The minimum atomic E-state index is 0.347. The van der Waals surface area contributed by atoms with Gasteiger partial charge < -0.3 is 10.5 Å². The minimum absolute atomic E-state index is 0.347. The normalized spacial score (nSPS) is 9.86. The average Bonchev–Trinajstić information content (AvgIpc) is 2.51. The summed E-state index contributed by atoms with van der Waals surface area (Å²) in [6.07, 6.45) is 0. The SMILES string of the molecule is COc1ccc(CSc2cccc(Br)c2)cc1C#CCN. The van der Waals surface area contributed by atoms with E-state index >= 15 is 0 Å². The number of rotatable bonds is 4. The van der Waals surface area contributed by atoms with Gasteiger partial charge in [-0.25, -0.2) is 0 Å². The molecular weight excluding hydrogens is 346 g/mol. The lowest BCUT2D eigenvalue weighted by Crippen LogP contribution is -1.94. The van der Waals surface area contributed by atoms with Crippen molar-refractivity contribution >= 4 is 27.7 Å². The topological polar surface area (TPSA) is 35.2 Å². The first-order chi connectivity index (χ1) is 10.2. The molecule has 0 fully saturated rings. The predicted molar refractivity (Wildman–Crippen MR) is 92.6 cm³/mol. The van der Waals surface area contributed by atoms with Crippen LogP contribution < -0.4 is 10.5 Å². The number of methoxy groups -OCH3 is 1. The molecule has 0 bridgehead atoms. The molecule has 2 aromatic carbocycles. The highest BCUT2D eigenvalue weighted by Gasteiger charge is 2.03. The van der Waals surface area contributed by atoms with Crippen LogP contribution in [0.5, 0.6) is 5.75 Å². The summed E-state index contributed by atoms with van der Waals surface area (Å²) < 4.78 is 6.41.